The third-order valence-electron chi connectivity index (χ3n) is 4.93. The summed E-state index contributed by atoms with van der Waals surface area (Å²) in [7, 11) is 1.57. The van der Waals surface area contributed by atoms with E-state index in [1.54, 1.807) is 25.3 Å². The number of nitrogens with zero attached hydrogens (tertiary/aromatic N) is 1. The second-order valence-corrected chi connectivity index (χ2v) is 8.60. The highest BCUT2D eigenvalue weighted by Crippen LogP contribution is 2.30. The molecule has 0 radical (unpaired) electrons. The Morgan fingerprint density at radius 3 is 2.63 bits per heavy atom. The van der Waals surface area contributed by atoms with E-state index in [9.17, 15) is 9.59 Å². The van der Waals surface area contributed by atoms with Crippen LogP contribution in [-0.2, 0) is 4.74 Å². The molecule has 0 saturated carbocycles. The number of unbranched alkanes of at least 4 members (excludes halogenated alkanes) is 1. The molecule has 0 bridgehead atoms. The number of ether oxygens (including phenoxy) is 3. The van der Waals surface area contributed by atoms with E-state index in [0.717, 1.165) is 32.1 Å². The summed E-state index contributed by atoms with van der Waals surface area (Å²) in [4.78, 5) is 27.1. The summed E-state index contributed by atoms with van der Waals surface area (Å²) in [6.45, 7) is 9.23. The van der Waals surface area contributed by atoms with Crippen LogP contribution < -0.4 is 14.8 Å². The predicted octanol–water partition coefficient (Wildman–Crippen LogP) is 4.39. The number of hydrogen-bond acceptors (Lipinski definition) is 5. The summed E-state index contributed by atoms with van der Waals surface area (Å²) in [5.74, 6) is 1.13. The zero-order chi connectivity index (χ0) is 22.1. The maximum Gasteiger partial charge on any atom is 0.407 e. The predicted molar refractivity (Wildman–Crippen MR) is 116 cm³/mol. The molecule has 1 aliphatic rings. The van der Waals surface area contributed by atoms with Gasteiger partial charge in [-0.25, -0.2) is 4.79 Å². The van der Waals surface area contributed by atoms with Crippen molar-refractivity contribution in [2.45, 2.75) is 71.4 Å². The Morgan fingerprint density at radius 2 is 1.97 bits per heavy atom. The first kappa shape index (κ1) is 23.8. The average Bonchev–Trinajstić information content (AvgIpc) is 2.71. The normalized spacial score (nSPS) is 16.7. The fourth-order valence-corrected chi connectivity index (χ4v) is 3.41. The van der Waals surface area contributed by atoms with Crippen LogP contribution in [0.2, 0.25) is 0 Å². The molecule has 1 heterocycles. The van der Waals surface area contributed by atoms with Crippen LogP contribution in [0.5, 0.6) is 11.5 Å². The average molecular weight is 421 g/mol. The highest BCUT2D eigenvalue weighted by atomic mass is 16.6. The zero-order valence-corrected chi connectivity index (χ0v) is 19.0. The lowest BCUT2D eigenvalue weighted by molar-refractivity contribution is 0.0462. The maximum absolute atomic E-state index is 13.2. The maximum atomic E-state index is 13.2. The van der Waals surface area contributed by atoms with Gasteiger partial charge < -0.3 is 24.4 Å². The number of carbonyl (C=O) groups is 2. The molecule has 1 aliphatic heterocycles. The van der Waals surface area contributed by atoms with Crippen LogP contribution in [0.3, 0.4) is 0 Å². The quantitative estimate of drug-likeness (QED) is 0.631. The van der Waals surface area contributed by atoms with Crippen LogP contribution in [0.15, 0.2) is 18.2 Å². The van der Waals surface area contributed by atoms with E-state index >= 15 is 0 Å². The first-order chi connectivity index (χ1) is 14.2. The number of nitrogens with one attached hydrogen (secondary N) is 1. The van der Waals surface area contributed by atoms with Gasteiger partial charge in [0, 0.05) is 24.7 Å². The molecule has 0 aliphatic carbocycles. The Balaban J connectivity index is 2.06. The number of amides is 2. The second-order valence-electron chi connectivity index (χ2n) is 8.60. The molecular weight excluding hydrogens is 384 g/mol. The van der Waals surface area contributed by atoms with E-state index in [4.69, 9.17) is 14.2 Å². The van der Waals surface area contributed by atoms with Crippen molar-refractivity contribution in [3.63, 3.8) is 0 Å². The smallest absolute Gasteiger partial charge is 0.407 e. The molecule has 2 amide bonds. The van der Waals surface area contributed by atoms with Gasteiger partial charge in [0.2, 0.25) is 0 Å². The summed E-state index contributed by atoms with van der Waals surface area (Å²) in [6, 6.07) is 5.24. The van der Waals surface area contributed by atoms with Crippen LogP contribution >= 0.6 is 0 Å². The molecule has 1 unspecified atom stereocenters. The lowest BCUT2D eigenvalue weighted by Gasteiger charge is -2.36. The molecule has 1 aromatic carbocycles. The van der Waals surface area contributed by atoms with Crippen molar-refractivity contribution in [1.29, 1.82) is 0 Å². The minimum Gasteiger partial charge on any atom is -0.493 e. The fourth-order valence-electron chi connectivity index (χ4n) is 3.41. The molecule has 1 N–H and O–H groups in total. The Bertz CT molecular complexity index is 714. The second kappa shape index (κ2) is 11.1. The SMILES string of the molecule is CCCCOc1ccc(C(=O)N2CCCCC2CNC(=O)OC(C)(C)C)cc1OC. The molecule has 1 fully saturated rings. The standard InChI is InChI=1S/C23H36N2O5/c1-6-7-14-29-19-12-11-17(15-20(19)28-5)21(26)25-13-9-8-10-18(25)16-24-22(27)30-23(2,3)4/h11-12,15,18H,6-10,13-14,16H2,1-5H3,(H,24,27). The summed E-state index contributed by atoms with van der Waals surface area (Å²) < 4.78 is 16.5. The van der Waals surface area contributed by atoms with E-state index < -0.39 is 11.7 Å². The van der Waals surface area contributed by atoms with Crippen molar-refractivity contribution in [1.82, 2.24) is 10.2 Å². The summed E-state index contributed by atoms with van der Waals surface area (Å²) in [5, 5.41) is 2.81. The van der Waals surface area contributed by atoms with Crippen LogP contribution in [0.25, 0.3) is 0 Å². The monoisotopic (exact) mass is 420 g/mol. The zero-order valence-electron chi connectivity index (χ0n) is 19.0. The van der Waals surface area contributed by atoms with Crippen molar-refractivity contribution >= 4 is 12.0 Å². The van der Waals surface area contributed by atoms with E-state index in [1.165, 1.54) is 0 Å². The number of methoxy groups -OCH3 is 1. The van der Waals surface area contributed by atoms with Crippen molar-refractivity contribution in [2.24, 2.45) is 0 Å². The molecule has 0 spiro atoms. The minimum absolute atomic E-state index is 0.0646. The molecule has 1 aromatic rings. The highest BCUT2D eigenvalue weighted by Gasteiger charge is 2.29. The Kier molecular flexibility index (Phi) is 8.81. The highest BCUT2D eigenvalue weighted by molar-refractivity contribution is 5.95. The fraction of sp³-hybridized carbons (Fsp3) is 0.652. The Hall–Kier alpha value is -2.44. The van der Waals surface area contributed by atoms with Crippen molar-refractivity contribution in [3.8, 4) is 11.5 Å². The van der Waals surface area contributed by atoms with Crippen LogP contribution in [0.4, 0.5) is 4.79 Å². The number of hydrogen-bond donors (Lipinski definition) is 1. The number of likely N-dealkylation sites (tertiary alicyclic amines) is 1. The van der Waals surface area contributed by atoms with Gasteiger partial charge in [-0.1, -0.05) is 13.3 Å². The van der Waals surface area contributed by atoms with Crippen molar-refractivity contribution in [3.05, 3.63) is 23.8 Å². The number of benzene rings is 1. The number of carbonyl (C=O) groups excluding carboxylic acids is 2. The number of piperidine rings is 1. The minimum atomic E-state index is -0.552. The molecule has 0 aromatic heterocycles. The van der Waals surface area contributed by atoms with Gasteiger partial charge in [-0.3, -0.25) is 4.79 Å². The Morgan fingerprint density at radius 1 is 1.20 bits per heavy atom. The van der Waals surface area contributed by atoms with Crippen LogP contribution in [0, 0.1) is 0 Å². The lowest BCUT2D eigenvalue weighted by atomic mass is 10.0. The van der Waals surface area contributed by atoms with Gasteiger partial charge >= 0.3 is 6.09 Å². The largest absolute Gasteiger partial charge is 0.493 e. The van der Waals surface area contributed by atoms with Gasteiger partial charge in [0.1, 0.15) is 5.60 Å². The number of alkyl carbamates (subject to hydrolysis) is 1. The molecule has 1 saturated heterocycles. The summed E-state index contributed by atoms with van der Waals surface area (Å²) in [5.41, 5.74) is 0.00257. The first-order valence-corrected chi connectivity index (χ1v) is 10.8. The molecule has 30 heavy (non-hydrogen) atoms. The van der Waals surface area contributed by atoms with Gasteiger partial charge in [-0.2, -0.15) is 0 Å². The Labute approximate surface area is 180 Å². The molecule has 7 heteroatoms. The van der Waals surface area contributed by atoms with Gasteiger partial charge in [0.05, 0.1) is 13.7 Å². The molecule has 1 atom stereocenters. The molecule has 7 nitrogen and oxygen atoms in total. The van der Waals surface area contributed by atoms with Crippen molar-refractivity contribution in [2.75, 3.05) is 26.8 Å². The van der Waals surface area contributed by atoms with E-state index in [1.807, 2.05) is 25.7 Å². The number of rotatable bonds is 8. The third kappa shape index (κ3) is 7.11. The molecular formula is C23H36N2O5. The van der Waals surface area contributed by atoms with Crippen LogP contribution in [-0.4, -0.2) is 55.3 Å². The first-order valence-electron chi connectivity index (χ1n) is 10.8. The van der Waals surface area contributed by atoms with Crippen LogP contribution in [0.1, 0.15) is 70.2 Å². The van der Waals surface area contributed by atoms with E-state index in [2.05, 4.69) is 12.2 Å². The van der Waals surface area contributed by atoms with Gasteiger partial charge in [0.25, 0.3) is 5.91 Å². The van der Waals surface area contributed by atoms with Gasteiger partial charge in [-0.15, -0.1) is 0 Å². The van der Waals surface area contributed by atoms with Crippen molar-refractivity contribution < 1.29 is 23.8 Å². The topological polar surface area (TPSA) is 77.1 Å². The molecule has 168 valence electrons. The lowest BCUT2D eigenvalue weighted by Crippen LogP contribution is -2.50. The molecule has 2 rings (SSSR count). The van der Waals surface area contributed by atoms with E-state index in [-0.39, 0.29) is 11.9 Å². The summed E-state index contributed by atoms with van der Waals surface area (Å²) >= 11 is 0. The van der Waals surface area contributed by atoms with Gasteiger partial charge in [-0.05, 0) is 64.7 Å². The summed E-state index contributed by atoms with van der Waals surface area (Å²) in [6.07, 6.45) is 4.37. The van der Waals surface area contributed by atoms with Gasteiger partial charge in [0.15, 0.2) is 11.5 Å². The van der Waals surface area contributed by atoms with E-state index in [0.29, 0.717) is 36.8 Å². The third-order valence-corrected chi connectivity index (χ3v) is 4.93.